The van der Waals surface area contributed by atoms with Crippen molar-refractivity contribution in [3.05, 3.63) is 52.8 Å². The molecule has 0 aliphatic carbocycles. The van der Waals surface area contributed by atoms with E-state index < -0.39 is 33.7 Å². The van der Waals surface area contributed by atoms with Crippen LogP contribution in [0.25, 0.3) is 0 Å². The predicted molar refractivity (Wildman–Crippen MR) is 137 cm³/mol. The van der Waals surface area contributed by atoms with Gasteiger partial charge in [0.25, 0.3) is 5.91 Å². The van der Waals surface area contributed by atoms with Crippen molar-refractivity contribution in [2.45, 2.75) is 43.2 Å². The highest BCUT2D eigenvalue weighted by Crippen LogP contribution is 2.34. The van der Waals surface area contributed by atoms with Gasteiger partial charge in [0, 0.05) is 56.8 Å². The van der Waals surface area contributed by atoms with E-state index in [1.54, 1.807) is 23.1 Å². The van der Waals surface area contributed by atoms with E-state index in [2.05, 4.69) is 10.6 Å². The number of sulfonamides is 1. The van der Waals surface area contributed by atoms with Crippen molar-refractivity contribution in [1.29, 1.82) is 0 Å². The maximum atomic E-state index is 15.2. The van der Waals surface area contributed by atoms with Crippen LogP contribution in [0.4, 0.5) is 15.8 Å². The van der Waals surface area contributed by atoms with Gasteiger partial charge in [-0.1, -0.05) is 0 Å². The van der Waals surface area contributed by atoms with Crippen molar-refractivity contribution in [2.75, 3.05) is 36.4 Å². The van der Waals surface area contributed by atoms with Crippen LogP contribution in [0.1, 0.15) is 40.7 Å². The molecule has 4 aliphatic rings. The van der Waals surface area contributed by atoms with E-state index in [0.717, 1.165) is 5.56 Å². The van der Waals surface area contributed by atoms with E-state index in [0.29, 0.717) is 24.1 Å². The Morgan fingerprint density at radius 3 is 2.33 bits per heavy atom. The third kappa shape index (κ3) is 4.44. The number of carbonyl (C=O) groups excluding carboxylic acids is 4. The molecule has 4 amide bonds. The van der Waals surface area contributed by atoms with Crippen molar-refractivity contribution >= 4 is 45.0 Å². The average molecular weight is 556 g/mol. The summed E-state index contributed by atoms with van der Waals surface area (Å²) in [5.74, 6) is -2.06. The number of hydrogen-bond donors (Lipinski definition) is 2. The Balaban J connectivity index is 1.16. The topological polar surface area (TPSA) is 136 Å². The number of amides is 4. The van der Waals surface area contributed by atoms with Crippen molar-refractivity contribution in [2.24, 2.45) is 0 Å². The quantitative estimate of drug-likeness (QED) is 0.537. The van der Waals surface area contributed by atoms with E-state index in [4.69, 9.17) is 0 Å². The first kappa shape index (κ1) is 25.4. The highest BCUT2D eigenvalue weighted by Gasteiger charge is 2.40. The first-order valence-electron chi connectivity index (χ1n) is 12.8. The molecule has 1 unspecified atom stereocenters. The zero-order chi connectivity index (χ0) is 27.5. The molecule has 11 nitrogen and oxygen atoms in total. The van der Waals surface area contributed by atoms with Crippen LogP contribution in [-0.2, 0) is 37.4 Å². The molecule has 2 fully saturated rings. The standard InChI is InChI=1S/C26H26FN5O6S/c27-19-13-18-16(14-32(26(18)36)21-4-6-24(34)29-25(21)35)12-22(19)30-7-9-31(10-8-30)39(37,38)17-2-3-20-15(11-17)1-5-23(33)28-20/h2-3,11-13,21H,1,4-10,14H2,(H,28,33)(H,29,34,35). The highest BCUT2D eigenvalue weighted by molar-refractivity contribution is 7.89. The highest BCUT2D eigenvalue weighted by atomic mass is 32.2. The van der Waals surface area contributed by atoms with Gasteiger partial charge in [0.15, 0.2) is 0 Å². The van der Waals surface area contributed by atoms with E-state index in [-0.39, 0.29) is 73.5 Å². The number of halogens is 1. The molecule has 6 rings (SSSR count). The normalized spacial score (nSPS) is 21.9. The maximum Gasteiger partial charge on any atom is 0.255 e. The number of hydrogen-bond acceptors (Lipinski definition) is 7. The fourth-order valence-electron chi connectivity index (χ4n) is 5.66. The van der Waals surface area contributed by atoms with Gasteiger partial charge >= 0.3 is 0 Å². The number of piperazine rings is 1. The van der Waals surface area contributed by atoms with Gasteiger partial charge in [0.2, 0.25) is 27.7 Å². The largest absolute Gasteiger partial charge is 0.367 e. The van der Waals surface area contributed by atoms with Crippen LogP contribution in [0.2, 0.25) is 0 Å². The molecule has 204 valence electrons. The Kier molecular flexibility index (Phi) is 6.14. The second kappa shape index (κ2) is 9.42. The molecule has 0 saturated carbocycles. The Labute approximate surface area is 224 Å². The fourth-order valence-corrected chi connectivity index (χ4v) is 7.13. The Morgan fingerprint density at radius 2 is 1.59 bits per heavy atom. The summed E-state index contributed by atoms with van der Waals surface area (Å²) in [6.45, 7) is 0.921. The average Bonchev–Trinajstić information content (AvgIpc) is 3.22. The number of nitrogens with zero attached hydrogens (tertiary/aromatic N) is 3. The van der Waals surface area contributed by atoms with Gasteiger partial charge in [-0.05, 0) is 54.3 Å². The van der Waals surface area contributed by atoms with Crippen LogP contribution in [-0.4, -0.2) is 73.5 Å². The van der Waals surface area contributed by atoms with Crippen molar-refractivity contribution < 1.29 is 32.0 Å². The molecule has 0 bridgehead atoms. The van der Waals surface area contributed by atoms with Gasteiger partial charge < -0.3 is 15.1 Å². The molecule has 0 aromatic heterocycles. The second-order valence-electron chi connectivity index (χ2n) is 10.1. The molecule has 2 N–H and O–H groups in total. The monoisotopic (exact) mass is 555 g/mol. The van der Waals surface area contributed by atoms with Crippen LogP contribution >= 0.6 is 0 Å². The van der Waals surface area contributed by atoms with Gasteiger partial charge in [0.05, 0.1) is 10.6 Å². The summed E-state index contributed by atoms with van der Waals surface area (Å²) in [7, 11) is -3.78. The molecule has 1 atom stereocenters. The van der Waals surface area contributed by atoms with Gasteiger partial charge in [-0.3, -0.25) is 24.5 Å². The Hall–Kier alpha value is -3.84. The minimum atomic E-state index is -3.78. The molecule has 4 heterocycles. The number of anilines is 2. The molecular weight excluding hydrogens is 529 g/mol. The molecule has 0 spiro atoms. The number of fused-ring (bicyclic) bond motifs is 2. The number of nitrogens with one attached hydrogen (secondary N) is 2. The molecule has 2 aromatic rings. The third-order valence-electron chi connectivity index (χ3n) is 7.78. The lowest BCUT2D eigenvalue weighted by Crippen LogP contribution is -2.52. The Bertz CT molecular complexity index is 1540. The summed E-state index contributed by atoms with van der Waals surface area (Å²) in [5, 5.41) is 4.99. The van der Waals surface area contributed by atoms with Crippen LogP contribution in [0.5, 0.6) is 0 Å². The smallest absolute Gasteiger partial charge is 0.255 e. The van der Waals surface area contributed by atoms with Gasteiger partial charge in [-0.25, -0.2) is 12.8 Å². The van der Waals surface area contributed by atoms with E-state index in [1.807, 2.05) is 0 Å². The zero-order valence-corrected chi connectivity index (χ0v) is 21.7. The SMILES string of the molecule is O=C1CCC(N2Cc3cc(N4CCN(S(=O)(=O)c5ccc6c(c5)CCC(=O)N6)CC4)c(F)cc3C2=O)C(=O)N1. The summed E-state index contributed by atoms with van der Waals surface area (Å²) in [5.41, 5.74) is 2.43. The first-order valence-corrected chi connectivity index (χ1v) is 14.2. The molecule has 0 radical (unpaired) electrons. The molecule has 39 heavy (non-hydrogen) atoms. The summed E-state index contributed by atoms with van der Waals surface area (Å²) < 4.78 is 43.2. The summed E-state index contributed by atoms with van der Waals surface area (Å²) in [6.07, 6.45) is 1.12. The molecule has 13 heteroatoms. The van der Waals surface area contributed by atoms with Crippen molar-refractivity contribution in [3.8, 4) is 0 Å². The lowest BCUT2D eigenvalue weighted by Gasteiger charge is -2.35. The van der Waals surface area contributed by atoms with Crippen molar-refractivity contribution in [3.63, 3.8) is 0 Å². The van der Waals surface area contributed by atoms with Gasteiger partial charge in [-0.2, -0.15) is 4.31 Å². The van der Waals surface area contributed by atoms with E-state index >= 15 is 4.39 Å². The number of imide groups is 1. The number of aryl methyl sites for hydroxylation is 1. The van der Waals surface area contributed by atoms with Crippen LogP contribution in [0.3, 0.4) is 0 Å². The van der Waals surface area contributed by atoms with E-state index in [1.165, 1.54) is 21.3 Å². The number of rotatable bonds is 4. The minimum Gasteiger partial charge on any atom is -0.367 e. The molecule has 4 aliphatic heterocycles. The lowest BCUT2D eigenvalue weighted by atomic mass is 10.0. The molecule has 2 aromatic carbocycles. The van der Waals surface area contributed by atoms with Crippen LogP contribution in [0, 0.1) is 5.82 Å². The number of carbonyl (C=O) groups is 4. The lowest BCUT2D eigenvalue weighted by molar-refractivity contribution is -0.137. The predicted octanol–water partition coefficient (Wildman–Crippen LogP) is 0.982. The summed E-state index contributed by atoms with van der Waals surface area (Å²) >= 11 is 0. The van der Waals surface area contributed by atoms with Crippen LogP contribution in [0.15, 0.2) is 35.2 Å². The maximum absolute atomic E-state index is 15.2. The molecule has 2 saturated heterocycles. The first-order chi connectivity index (χ1) is 18.6. The minimum absolute atomic E-state index is 0.0962. The van der Waals surface area contributed by atoms with E-state index in [9.17, 15) is 27.6 Å². The Morgan fingerprint density at radius 1 is 0.846 bits per heavy atom. The second-order valence-corrected chi connectivity index (χ2v) is 12.1. The summed E-state index contributed by atoms with van der Waals surface area (Å²) in [4.78, 5) is 51.6. The van der Waals surface area contributed by atoms with Crippen molar-refractivity contribution in [1.82, 2.24) is 14.5 Å². The molecular formula is C26H26FN5O6S. The zero-order valence-electron chi connectivity index (χ0n) is 20.9. The van der Waals surface area contributed by atoms with Gasteiger partial charge in [0.1, 0.15) is 11.9 Å². The third-order valence-corrected chi connectivity index (χ3v) is 9.67. The number of benzene rings is 2. The number of piperidine rings is 1. The van der Waals surface area contributed by atoms with Gasteiger partial charge in [-0.15, -0.1) is 0 Å². The fraction of sp³-hybridized carbons (Fsp3) is 0.385. The summed E-state index contributed by atoms with van der Waals surface area (Å²) in [6, 6.07) is 6.67. The van der Waals surface area contributed by atoms with Crippen LogP contribution < -0.4 is 15.5 Å².